The van der Waals surface area contributed by atoms with Crippen LogP contribution in [0.1, 0.15) is 12.5 Å². The highest BCUT2D eigenvalue weighted by Crippen LogP contribution is 2.11. The first-order valence-corrected chi connectivity index (χ1v) is 7.19. The quantitative estimate of drug-likeness (QED) is 0.760. The third-order valence-corrected chi connectivity index (χ3v) is 4.01. The first-order chi connectivity index (χ1) is 8.49. The minimum absolute atomic E-state index is 0.0508. The van der Waals surface area contributed by atoms with Crippen molar-refractivity contribution in [2.24, 2.45) is 0 Å². The van der Waals surface area contributed by atoms with E-state index >= 15 is 0 Å². The van der Waals surface area contributed by atoms with Crippen LogP contribution in [-0.2, 0) is 21.2 Å². The molecule has 0 aliphatic carbocycles. The van der Waals surface area contributed by atoms with Crippen molar-refractivity contribution in [3.8, 4) is 0 Å². The Kier molecular flexibility index (Phi) is 5.74. The lowest BCUT2D eigenvalue weighted by molar-refractivity contribution is 0.180. The van der Waals surface area contributed by atoms with Crippen LogP contribution in [0.15, 0.2) is 29.2 Å². The van der Waals surface area contributed by atoms with Gasteiger partial charge in [0.15, 0.2) is 0 Å². The Balaban J connectivity index is 2.78. The van der Waals surface area contributed by atoms with Gasteiger partial charge in [0.05, 0.1) is 11.5 Å². The van der Waals surface area contributed by atoms with Gasteiger partial charge >= 0.3 is 0 Å². The molecular weight excluding hydrogens is 254 g/mol. The highest BCUT2D eigenvalue weighted by atomic mass is 32.2. The van der Waals surface area contributed by atoms with E-state index in [1.165, 1.54) is 19.2 Å². The first kappa shape index (κ1) is 15.1. The Morgan fingerprint density at radius 3 is 2.44 bits per heavy atom. The number of aliphatic hydroxyl groups is 1. The van der Waals surface area contributed by atoms with Crippen molar-refractivity contribution in [2.45, 2.75) is 24.3 Å². The lowest BCUT2D eigenvalue weighted by atomic mass is 10.2. The van der Waals surface area contributed by atoms with Gasteiger partial charge in [0.25, 0.3) is 0 Å². The standard InChI is InChI=1S/C12H19NO4S/c1-10(9-17-2)13-18(15,16)12-5-3-11(4-6-12)7-8-14/h3-6,10,13-14H,7-9H2,1-2H3. The highest BCUT2D eigenvalue weighted by molar-refractivity contribution is 7.89. The fourth-order valence-corrected chi connectivity index (χ4v) is 2.81. The molecule has 1 aromatic carbocycles. The normalized spacial score (nSPS) is 13.5. The van der Waals surface area contributed by atoms with Crippen LogP contribution in [0.5, 0.6) is 0 Å². The summed E-state index contributed by atoms with van der Waals surface area (Å²) in [6.07, 6.45) is 0.522. The number of aliphatic hydroxyl groups excluding tert-OH is 1. The van der Waals surface area contributed by atoms with E-state index in [-0.39, 0.29) is 17.5 Å². The summed E-state index contributed by atoms with van der Waals surface area (Å²) >= 11 is 0. The molecule has 1 aromatic rings. The molecule has 0 aliphatic heterocycles. The molecule has 0 heterocycles. The second-order valence-electron chi connectivity index (χ2n) is 4.10. The van der Waals surface area contributed by atoms with Crippen molar-refractivity contribution in [2.75, 3.05) is 20.3 Å². The number of methoxy groups -OCH3 is 1. The van der Waals surface area contributed by atoms with Gasteiger partial charge in [0, 0.05) is 19.8 Å². The van der Waals surface area contributed by atoms with Gasteiger partial charge in [0.1, 0.15) is 0 Å². The molecule has 0 saturated carbocycles. The largest absolute Gasteiger partial charge is 0.396 e. The van der Waals surface area contributed by atoms with E-state index < -0.39 is 10.0 Å². The fraction of sp³-hybridized carbons (Fsp3) is 0.500. The molecule has 1 unspecified atom stereocenters. The molecular formula is C12H19NO4S. The molecule has 0 amide bonds. The summed E-state index contributed by atoms with van der Waals surface area (Å²) in [6.45, 7) is 2.11. The number of sulfonamides is 1. The molecule has 0 aliphatic rings. The number of nitrogens with one attached hydrogen (secondary N) is 1. The first-order valence-electron chi connectivity index (χ1n) is 5.70. The molecule has 18 heavy (non-hydrogen) atoms. The van der Waals surface area contributed by atoms with Crippen LogP contribution in [0, 0.1) is 0 Å². The molecule has 0 bridgehead atoms. The number of benzene rings is 1. The van der Waals surface area contributed by atoms with E-state index in [1.54, 1.807) is 19.1 Å². The van der Waals surface area contributed by atoms with Crippen LogP contribution >= 0.6 is 0 Å². The molecule has 102 valence electrons. The molecule has 6 heteroatoms. The Bertz CT molecular complexity index is 455. The maximum absolute atomic E-state index is 12.0. The second kappa shape index (κ2) is 6.84. The summed E-state index contributed by atoms with van der Waals surface area (Å²) in [7, 11) is -1.98. The molecule has 0 radical (unpaired) electrons. The van der Waals surface area contributed by atoms with Gasteiger partial charge < -0.3 is 9.84 Å². The van der Waals surface area contributed by atoms with Crippen molar-refractivity contribution in [3.63, 3.8) is 0 Å². The third-order valence-electron chi connectivity index (χ3n) is 2.41. The third kappa shape index (κ3) is 4.38. The summed E-state index contributed by atoms with van der Waals surface area (Å²) in [5.41, 5.74) is 0.904. The lowest BCUT2D eigenvalue weighted by Crippen LogP contribution is -2.35. The Morgan fingerprint density at radius 1 is 1.33 bits per heavy atom. The molecule has 0 aromatic heterocycles. The van der Waals surface area contributed by atoms with Gasteiger partial charge in [-0.2, -0.15) is 0 Å². The smallest absolute Gasteiger partial charge is 0.240 e. The Morgan fingerprint density at radius 2 is 1.94 bits per heavy atom. The van der Waals surface area contributed by atoms with Gasteiger partial charge in [0.2, 0.25) is 10.0 Å². The molecule has 0 fully saturated rings. The predicted octanol–water partition coefficient (Wildman–Crippen LogP) is 0.535. The van der Waals surface area contributed by atoms with Crippen molar-refractivity contribution in [1.29, 1.82) is 0 Å². The lowest BCUT2D eigenvalue weighted by Gasteiger charge is -2.13. The number of ether oxygens (including phenoxy) is 1. The minimum atomic E-state index is -3.51. The summed E-state index contributed by atoms with van der Waals surface area (Å²) in [4.78, 5) is 0.215. The second-order valence-corrected chi connectivity index (χ2v) is 5.81. The zero-order valence-electron chi connectivity index (χ0n) is 10.6. The van der Waals surface area contributed by atoms with Gasteiger partial charge in [-0.15, -0.1) is 0 Å². The fourth-order valence-electron chi connectivity index (χ4n) is 1.58. The summed E-state index contributed by atoms with van der Waals surface area (Å²) in [5.74, 6) is 0. The zero-order chi connectivity index (χ0) is 13.6. The van der Waals surface area contributed by atoms with Crippen LogP contribution < -0.4 is 4.72 Å². The maximum atomic E-state index is 12.0. The maximum Gasteiger partial charge on any atom is 0.240 e. The van der Waals surface area contributed by atoms with Crippen LogP contribution in [0.4, 0.5) is 0 Å². The minimum Gasteiger partial charge on any atom is -0.396 e. The SMILES string of the molecule is COCC(C)NS(=O)(=O)c1ccc(CCO)cc1. The predicted molar refractivity (Wildman–Crippen MR) is 68.9 cm³/mol. The molecule has 0 spiro atoms. The van der Waals surface area contributed by atoms with Gasteiger partial charge in [-0.05, 0) is 31.0 Å². The van der Waals surface area contributed by atoms with E-state index in [1.807, 2.05) is 0 Å². The van der Waals surface area contributed by atoms with Crippen molar-refractivity contribution < 1.29 is 18.3 Å². The molecule has 2 N–H and O–H groups in total. The van der Waals surface area contributed by atoms with E-state index in [9.17, 15) is 8.42 Å². The van der Waals surface area contributed by atoms with Crippen molar-refractivity contribution in [1.82, 2.24) is 4.72 Å². The van der Waals surface area contributed by atoms with Gasteiger partial charge in [-0.25, -0.2) is 13.1 Å². The summed E-state index contributed by atoms with van der Waals surface area (Å²) < 4.78 is 31.3. The average molecular weight is 273 g/mol. The molecule has 0 saturated heterocycles. The zero-order valence-corrected chi connectivity index (χ0v) is 11.4. The van der Waals surface area contributed by atoms with E-state index in [2.05, 4.69) is 4.72 Å². The van der Waals surface area contributed by atoms with Crippen molar-refractivity contribution >= 4 is 10.0 Å². The Hall–Kier alpha value is -0.950. The van der Waals surface area contributed by atoms with Gasteiger partial charge in [-0.3, -0.25) is 0 Å². The van der Waals surface area contributed by atoms with Gasteiger partial charge in [-0.1, -0.05) is 12.1 Å². The number of hydrogen-bond acceptors (Lipinski definition) is 4. The molecule has 1 atom stereocenters. The van der Waals surface area contributed by atoms with E-state index in [0.29, 0.717) is 13.0 Å². The van der Waals surface area contributed by atoms with Crippen LogP contribution in [0.25, 0.3) is 0 Å². The van der Waals surface area contributed by atoms with Crippen LogP contribution in [0.3, 0.4) is 0 Å². The molecule has 1 rings (SSSR count). The van der Waals surface area contributed by atoms with E-state index in [0.717, 1.165) is 5.56 Å². The summed E-state index contributed by atoms with van der Waals surface area (Å²) in [6, 6.07) is 6.19. The average Bonchev–Trinajstić information content (AvgIpc) is 2.29. The number of rotatable bonds is 7. The monoisotopic (exact) mass is 273 g/mol. The summed E-state index contributed by atoms with van der Waals surface area (Å²) in [5, 5.41) is 8.78. The highest BCUT2D eigenvalue weighted by Gasteiger charge is 2.16. The number of hydrogen-bond donors (Lipinski definition) is 2. The van der Waals surface area contributed by atoms with Crippen molar-refractivity contribution in [3.05, 3.63) is 29.8 Å². The molecule has 5 nitrogen and oxygen atoms in total. The van der Waals surface area contributed by atoms with Crippen LogP contribution in [-0.4, -0.2) is 39.9 Å². The van der Waals surface area contributed by atoms with Crippen LogP contribution in [0.2, 0.25) is 0 Å². The topological polar surface area (TPSA) is 75.6 Å². The van der Waals surface area contributed by atoms with E-state index in [4.69, 9.17) is 9.84 Å². The Labute approximate surface area is 108 Å².